The maximum absolute atomic E-state index is 12.5. The highest BCUT2D eigenvalue weighted by molar-refractivity contribution is 6.34. The maximum Gasteiger partial charge on any atom is 0.266 e. The molecule has 1 fully saturated rings. The molecule has 0 atom stereocenters. The van der Waals surface area contributed by atoms with Gasteiger partial charge in [-0.25, -0.2) is 4.90 Å². The van der Waals surface area contributed by atoms with Crippen LogP contribution in [0.2, 0.25) is 0 Å². The van der Waals surface area contributed by atoms with Crippen LogP contribution in [0, 0.1) is 0 Å². The Morgan fingerprint density at radius 2 is 1.42 bits per heavy atom. The first-order chi connectivity index (χ1) is 12.6. The van der Waals surface area contributed by atoms with Crippen LogP contribution in [-0.4, -0.2) is 23.8 Å². The van der Waals surface area contributed by atoms with Gasteiger partial charge < -0.3 is 5.32 Å². The average molecular weight is 348 g/mol. The first-order valence-corrected chi connectivity index (χ1v) is 9.04. The number of carbonyl (C=O) groups excluding carboxylic acids is 3. The van der Waals surface area contributed by atoms with Crippen LogP contribution >= 0.6 is 0 Å². The van der Waals surface area contributed by atoms with Crippen molar-refractivity contribution in [3.63, 3.8) is 0 Å². The van der Waals surface area contributed by atoms with Gasteiger partial charge in [0.1, 0.15) is 0 Å². The van der Waals surface area contributed by atoms with Gasteiger partial charge in [0.25, 0.3) is 17.7 Å². The van der Waals surface area contributed by atoms with Crippen molar-refractivity contribution in [2.24, 2.45) is 0 Å². The van der Waals surface area contributed by atoms with E-state index in [1.807, 2.05) is 0 Å². The molecule has 5 nitrogen and oxygen atoms in total. The van der Waals surface area contributed by atoms with E-state index in [-0.39, 0.29) is 23.8 Å². The SMILES string of the molecule is O=C(NC1CCCCC1)c1ccc(N2C(=O)c3ccccc3C2=O)cc1. The second kappa shape index (κ2) is 6.75. The Morgan fingerprint density at radius 3 is 2.00 bits per heavy atom. The first kappa shape index (κ1) is 16.5. The van der Waals surface area contributed by atoms with Crippen molar-refractivity contribution in [1.29, 1.82) is 0 Å². The maximum atomic E-state index is 12.5. The normalized spacial score (nSPS) is 17.3. The van der Waals surface area contributed by atoms with Crippen molar-refractivity contribution < 1.29 is 14.4 Å². The molecule has 0 unspecified atom stereocenters. The number of hydrogen-bond acceptors (Lipinski definition) is 3. The van der Waals surface area contributed by atoms with Crippen LogP contribution < -0.4 is 10.2 Å². The van der Waals surface area contributed by atoms with Crippen LogP contribution in [0.3, 0.4) is 0 Å². The quantitative estimate of drug-likeness (QED) is 0.863. The Bertz CT molecular complexity index is 832. The lowest BCUT2D eigenvalue weighted by atomic mass is 9.95. The minimum absolute atomic E-state index is 0.106. The van der Waals surface area contributed by atoms with E-state index in [4.69, 9.17) is 0 Å². The zero-order chi connectivity index (χ0) is 18.1. The molecule has 0 saturated heterocycles. The van der Waals surface area contributed by atoms with Crippen molar-refractivity contribution in [3.05, 3.63) is 65.2 Å². The average Bonchev–Trinajstić information content (AvgIpc) is 2.94. The molecule has 26 heavy (non-hydrogen) atoms. The largest absolute Gasteiger partial charge is 0.349 e. The molecule has 132 valence electrons. The summed E-state index contributed by atoms with van der Waals surface area (Å²) >= 11 is 0. The molecule has 0 spiro atoms. The van der Waals surface area contributed by atoms with E-state index in [0.29, 0.717) is 22.4 Å². The number of imide groups is 1. The molecule has 2 aromatic carbocycles. The van der Waals surface area contributed by atoms with E-state index in [2.05, 4.69) is 5.32 Å². The van der Waals surface area contributed by atoms with E-state index in [9.17, 15) is 14.4 Å². The number of amides is 3. The van der Waals surface area contributed by atoms with Gasteiger partial charge in [0, 0.05) is 11.6 Å². The molecule has 2 aliphatic rings. The fraction of sp³-hybridized carbons (Fsp3) is 0.286. The molecule has 0 aromatic heterocycles. The molecular weight excluding hydrogens is 328 g/mol. The molecule has 0 bridgehead atoms. The highest BCUT2D eigenvalue weighted by Gasteiger charge is 2.36. The van der Waals surface area contributed by atoms with E-state index >= 15 is 0 Å². The third-order valence-electron chi connectivity index (χ3n) is 5.12. The van der Waals surface area contributed by atoms with Crippen LogP contribution in [-0.2, 0) is 0 Å². The van der Waals surface area contributed by atoms with Gasteiger partial charge in [0.2, 0.25) is 0 Å². The van der Waals surface area contributed by atoms with Crippen molar-refractivity contribution in [2.45, 2.75) is 38.1 Å². The summed E-state index contributed by atoms with van der Waals surface area (Å²) in [5, 5.41) is 3.07. The summed E-state index contributed by atoms with van der Waals surface area (Å²) in [7, 11) is 0. The Hall–Kier alpha value is -2.95. The van der Waals surface area contributed by atoms with Crippen LogP contribution in [0.5, 0.6) is 0 Å². The van der Waals surface area contributed by atoms with Crippen LogP contribution in [0.15, 0.2) is 48.5 Å². The third-order valence-corrected chi connectivity index (χ3v) is 5.12. The molecule has 0 radical (unpaired) electrons. The van der Waals surface area contributed by atoms with Crippen LogP contribution in [0.4, 0.5) is 5.69 Å². The van der Waals surface area contributed by atoms with Gasteiger partial charge in [0.05, 0.1) is 16.8 Å². The second-order valence-electron chi connectivity index (χ2n) is 6.85. The topological polar surface area (TPSA) is 66.5 Å². The summed E-state index contributed by atoms with van der Waals surface area (Å²) in [5.74, 6) is -0.763. The fourth-order valence-corrected chi connectivity index (χ4v) is 3.70. The number of carbonyl (C=O) groups is 3. The Kier molecular flexibility index (Phi) is 4.29. The molecule has 2 aromatic rings. The van der Waals surface area contributed by atoms with Gasteiger partial charge in [-0.05, 0) is 49.2 Å². The Balaban J connectivity index is 1.51. The molecule has 1 N–H and O–H groups in total. The number of hydrogen-bond donors (Lipinski definition) is 1. The van der Waals surface area contributed by atoms with Crippen molar-refractivity contribution in [1.82, 2.24) is 5.32 Å². The lowest BCUT2D eigenvalue weighted by Crippen LogP contribution is -2.36. The van der Waals surface area contributed by atoms with E-state index in [1.165, 1.54) is 6.42 Å². The zero-order valence-electron chi connectivity index (χ0n) is 14.4. The zero-order valence-corrected chi connectivity index (χ0v) is 14.4. The molecule has 1 saturated carbocycles. The minimum atomic E-state index is -0.329. The monoisotopic (exact) mass is 348 g/mol. The van der Waals surface area contributed by atoms with Gasteiger partial charge in [-0.1, -0.05) is 31.4 Å². The fourth-order valence-electron chi connectivity index (χ4n) is 3.70. The van der Waals surface area contributed by atoms with Crippen molar-refractivity contribution >= 4 is 23.4 Å². The molecule has 1 aliphatic heterocycles. The van der Waals surface area contributed by atoms with Gasteiger partial charge in [0.15, 0.2) is 0 Å². The Labute approximate surface area is 152 Å². The van der Waals surface area contributed by atoms with E-state index < -0.39 is 0 Å². The third kappa shape index (κ3) is 2.90. The molecular formula is C21H20N2O3. The summed E-state index contributed by atoms with van der Waals surface area (Å²) in [6.45, 7) is 0. The minimum Gasteiger partial charge on any atom is -0.349 e. The van der Waals surface area contributed by atoms with Gasteiger partial charge in [-0.3, -0.25) is 14.4 Å². The van der Waals surface area contributed by atoms with E-state index in [1.54, 1.807) is 48.5 Å². The first-order valence-electron chi connectivity index (χ1n) is 9.04. The van der Waals surface area contributed by atoms with Crippen LogP contribution in [0.1, 0.15) is 63.2 Å². The summed E-state index contributed by atoms with van der Waals surface area (Å²) in [6.07, 6.45) is 5.60. The second-order valence-corrected chi connectivity index (χ2v) is 6.85. The number of fused-ring (bicyclic) bond motifs is 1. The smallest absolute Gasteiger partial charge is 0.266 e. The number of rotatable bonds is 3. The van der Waals surface area contributed by atoms with Crippen LogP contribution in [0.25, 0.3) is 0 Å². The molecule has 3 amide bonds. The highest BCUT2D eigenvalue weighted by Crippen LogP contribution is 2.28. The Morgan fingerprint density at radius 1 is 0.846 bits per heavy atom. The summed E-state index contributed by atoms with van der Waals surface area (Å²) in [5.41, 5.74) is 1.84. The van der Waals surface area contributed by atoms with Crippen molar-refractivity contribution in [3.8, 4) is 0 Å². The lowest BCUT2D eigenvalue weighted by Gasteiger charge is -2.22. The predicted octanol–water partition coefficient (Wildman–Crippen LogP) is 3.55. The highest BCUT2D eigenvalue weighted by atomic mass is 16.2. The number of nitrogens with one attached hydrogen (secondary N) is 1. The molecule has 5 heteroatoms. The van der Waals surface area contributed by atoms with Gasteiger partial charge in [-0.15, -0.1) is 0 Å². The standard InChI is InChI=1S/C21H20N2O3/c24-19(22-15-6-2-1-3-7-15)14-10-12-16(13-11-14)23-20(25)17-8-4-5-9-18(17)21(23)26/h4-5,8-13,15H,1-3,6-7H2,(H,22,24). The molecule has 4 rings (SSSR count). The van der Waals surface area contributed by atoms with Gasteiger partial charge >= 0.3 is 0 Å². The summed E-state index contributed by atoms with van der Waals surface area (Å²) < 4.78 is 0. The predicted molar refractivity (Wildman–Crippen MR) is 98.4 cm³/mol. The molecule has 1 aliphatic carbocycles. The summed E-state index contributed by atoms with van der Waals surface area (Å²) in [4.78, 5) is 38.6. The number of benzene rings is 2. The van der Waals surface area contributed by atoms with E-state index in [0.717, 1.165) is 30.6 Å². The van der Waals surface area contributed by atoms with Gasteiger partial charge in [-0.2, -0.15) is 0 Å². The summed E-state index contributed by atoms with van der Waals surface area (Å²) in [6, 6.07) is 13.7. The number of anilines is 1. The van der Waals surface area contributed by atoms with Crippen molar-refractivity contribution in [2.75, 3.05) is 4.90 Å². The lowest BCUT2D eigenvalue weighted by molar-refractivity contribution is 0.0917. The molecule has 1 heterocycles. The number of nitrogens with zero attached hydrogens (tertiary/aromatic N) is 1.